The number of carbonyl (C=O) groups is 1. The molecule has 8 nitrogen and oxygen atoms in total. The highest BCUT2D eigenvalue weighted by Gasteiger charge is 2.32. The van der Waals surface area contributed by atoms with Crippen LogP contribution in [0.1, 0.15) is 21.7 Å². The minimum Gasteiger partial charge on any atom is -0.497 e. The molecule has 0 bridgehead atoms. The van der Waals surface area contributed by atoms with Gasteiger partial charge in [-0.1, -0.05) is 6.07 Å². The minimum atomic E-state index is -3.70. The van der Waals surface area contributed by atoms with Crippen LogP contribution in [0.15, 0.2) is 29.2 Å². The van der Waals surface area contributed by atoms with E-state index in [1.807, 2.05) is 0 Å². The van der Waals surface area contributed by atoms with Crippen molar-refractivity contribution in [2.45, 2.75) is 18.7 Å². The second-order valence-corrected chi connectivity index (χ2v) is 8.16. The number of nitrogens with zero attached hydrogens (tertiary/aromatic N) is 1. The molecule has 2 N–H and O–H groups in total. The van der Waals surface area contributed by atoms with Crippen molar-refractivity contribution in [2.75, 3.05) is 38.7 Å². The molecular weight excluding hydrogens is 370 g/mol. The van der Waals surface area contributed by atoms with Crippen LogP contribution in [0.25, 0.3) is 0 Å². The number of nitrogens with one attached hydrogen (secondary N) is 2. The summed E-state index contributed by atoms with van der Waals surface area (Å²) in [6.45, 7) is 4.63. The zero-order chi connectivity index (χ0) is 19.6. The number of aromatic amines is 1. The van der Waals surface area contributed by atoms with E-state index in [1.54, 1.807) is 45.2 Å². The van der Waals surface area contributed by atoms with Gasteiger partial charge in [0, 0.05) is 30.5 Å². The topological polar surface area (TPSA) is 101 Å². The third-order valence-electron chi connectivity index (χ3n) is 4.49. The predicted molar refractivity (Wildman–Crippen MR) is 101 cm³/mol. The molecule has 2 aromatic rings. The maximum atomic E-state index is 13.0. The summed E-state index contributed by atoms with van der Waals surface area (Å²) in [7, 11) is -2.15. The van der Waals surface area contributed by atoms with Crippen LogP contribution in [0.5, 0.6) is 5.75 Å². The fourth-order valence-corrected chi connectivity index (χ4v) is 4.97. The summed E-state index contributed by atoms with van der Waals surface area (Å²) in [5, 5.41) is 2.77. The van der Waals surface area contributed by atoms with Crippen molar-refractivity contribution in [3.8, 4) is 5.75 Å². The summed E-state index contributed by atoms with van der Waals surface area (Å²) in [6.07, 6.45) is 0. The number of H-pyrrole nitrogens is 1. The minimum absolute atomic E-state index is 0.153. The van der Waals surface area contributed by atoms with Crippen LogP contribution in [-0.4, -0.2) is 57.0 Å². The Kier molecular flexibility index (Phi) is 5.54. The van der Waals surface area contributed by atoms with Gasteiger partial charge >= 0.3 is 0 Å². The van der Waals surface area contributed by atoms with Crippen LogP contribution in [0, 0.1) is 13.8 Å². The fourth-order valence-electron chi connectivity index (χ4n) is 3.16. The van der Waals surface area contributed by atoms with Gasteiger partial charge < -0.3 is 19.8 Å². The van der Waals surface area contributed by atoms with Crippen LogP contribution in [0.4, 0.5) is 5.69 Å². The SMILES string of the molecule is COc1cccc(NC(=O)c2[nH]c(C)c(S(=O)(=O)N3CCOCC3)c2C)c1. The molecule has 0 saturated carbocycles. The van der Waals surface area contributed by atoms with Crippen LogP contribution in [-0.2, 0) is 14.8 Å². The maximum Gasteiger partial charge on any atom is 0.272 e. The second-order valence-electron chi connectivity index (χ2n) is 6.28. The summed E-state index contributed by atoms with van der Waals surface area (Å²) in [5.41, 5.74) is 1.62. The molecule has 1 aliphatic heterocycles. The van der Waals surface area contributed by atoms with Crippen molar-refractivity contribution in [2.24, 2.45) is 0 Å². The summed E-state index contributed by atoms with van der Waals surface area (Å²) >= 11 is 0. The first-order valence-electron chi connectivity index (χ1n) is 8.57. The molecule has 1 fully saturated rings. The first-order chi connectivity index (χ1) is 12.8. The van der Waals surface area contributed by atoms with Gasteiger partial charge in [0.05, 0.1) is 20.3 Å². The van der Waals surface area contributed by atoms with Gasteiger partial charge in [-0.3, -0.25) is 4.79 Å². The number of rotatable bonds is 5. The number of morpholine rings is 1. The standard InChI is InChI=1S/C18H23N3O5S/c1-12-16(18(22)20-14-5-4-6-15(11-14)25-3)19-13(2)17(12)27(23,24)21-7-9-26-10-8-21/h4-6,11,19H,7-10H2,1-3H3,(H,20,22). The number of hydrogen-bond donors (Lipinski definition) is 2. The van der Waals surface area contributed by atoms with E-state index < -0.39 is 15.9 Å². The van der Waals surface area contributed by atoms with E-state index in [-0.39, 0.29) is 10.6 Å². The van der Waals surface area contributed by atoms with E-state index in [9.17, 15) is 13.2 Å². The van der Waals surface area contributed by atoms with E-state index >= 15 is 0 Å². The molecule has 0 radical (unpaired) electrons. The second kappa shape index (κ2) is 7.71. The van der Waals surface area contributed by atoms with Crippen molar-refractivity contribution in [1.29, 1.82) is 0 Å². The van der Waals surface area contributed by atoms with Gasteiger partial charge in [0.1, 0.15) is 16.3 Å². The molecule has 3 rings (SSSR count). The molecule has 0 atom stereocenters. The molecule has 0 spiro atoms. The number of methoxy groups -OCH3 is 1. The van der Waals surface area contributed by atoms with Crippen molar-refractivity contribution >= 4 is 21.6 Å². The lowest BCUT2D eigenvalue weighted by Gasteiger charge is -2.26. The van der Waals surface area contributed by atoms with E-state index in [1.165, 1.54) is 4.31 Å². The smallest absolute Gasteiger partial charge is 0.272 e. The Morgan fingerprint density at radius 2 is 1.96 bits per heavy atom. The van der Waals surface area contributed by atoms with Gasteiger partial charge in [0.2, 0.25) is 10.0 Å². The monoisotopic (exact) mass is 393 g/mol. The highest BCUT2D eigenvalue weighted by molar-refractivity contribution is 7.89. The zero-order valence-electron chi connectivity index (χ0n) is 15.5. The van der Waals surface area contributed by atoms with Crippen molar-refractivity contribution in [1.82, 2.24) is 9.29 Å². The molecule has 1 aromatic carbocycles. The Morgan fingerprint density at radius 1 is 1.26 bits per heavy atom. The Labute approximate surface area is 158 Å². The van der Waals surface area contributed by atoms with E-state index in [2.05, 4.69) is 10.3 Å². The normalized spacial score (nSPS) is 15.5. The molecule has 1 aromatic heterocycles. The number of hydrogen-bond acceptors (Lipinski definition) is 5. The molecular formula is C18H23N3O5S. The Morgan fingerprint density at radius 3 is 2.63 bits per heavy atom. The third-order valence-corrected chi connectivity index (χ3v) is 6.66. The molecule has 0 aliphatic carbocycles. The number of benzene rings is 1. The maximum absolute atomic E-state index is 13.0. The first kappa shape index (κ1) is 19.4. The molecule has 146 valence electrons. The highest BCUT2D eigenvalue weighted by Crippen LogP contribution is 2.28. The summed E-state index contributed by atoms with van der Waals surface area (Å²) in [5.74, 6) is 0.204. The molecule has 1 aliphatic rings. The fraction of sp³-hybridized carbons (Fsp3) is 0.389. The van der Waals surface area contributed by atoms with Crippen LogP contribution >= 0.6 is 0 Å². The summed E-state index contributed by atoms with van der Waals surface area (Å²) in [6, 6.07) is 6.95. The third kappa shape index (κ3) is 3.85. The quantitative estimate of drug-likeness (QED) is 0.808. The van der Waals surface area contributed by atoms with E-state index in [0.717, 1.165) is 0 Å². The van der Waals surface area contributed by atoms with Crippen LogP contribution < -0.4 is 10.1 Å². The highest BCUT2D eigenvalue weighted by atomic mass is 32.2. The van der Waals surface area contributed by atoms with Gasteiger partial charge in [-0.25, -0.2) is 8.42 Å². The molecule has 2 heterocycles. The molecule has 0 unspecified atom stereocenters. The zero-order valence-corrected chi connectivity index (χ0v) is 16.4. The number of anilines is 1. The number of carbonyl (C=O) groups excluding carboxylic acids is 1. The Hall–Kier alpha value is -2.36. The average molecular weight is 393 g/mol. The summed E-state index contributed by atoms with van der Waals surface area (Å²) < 4.78 is 37.8. The van der Waals surface area contributed by atoms with Gasteiger partial charge in [-0.2, -0.15) is 4.31 Å². The van der Waals surface area contributed by atoms with Gasteiger partial charge in [-0.15, -0.1) is 0 Å². The van der Waals surface area contributed by atoms with Crippen LogP contribution in [0.3, 0.4) is 0 Å². The lowest BCUT2D eigenvalue weighted by atomic mass is 10.2. The van der Waals surface area contributed by atoms with Crippen molar-refractivity contribution in [3.05, 3.63) is 41.2 Å². The lowest BCUT2D eigenvalue weighted by Crippen LogP contribution is -2.40. The van der Waals surface area contributed by atoms with Gasteiger partial charge in [0.25, 0.3) is 5.91 Å². The largest absolute Gasteiger partial charge is 0.497 e. The molecule has 9 heteroatoms. The summed E-state index contributed by atoms with van der Waals surface area (Å²) in [4.78, 5) is 15.8. The predicted octanol–water partition coefficient (Wildman–Crippen LogP) is 1.91. The van der Waals surface area contributed by atoms with E-state index in [4.69, 9.17) is 9.47 Å². The number of aryl methyl sites for hydroxylation is 1. The van der Waals surface area contributed by atoms with Crippen molar-refractivity contribution in [3.63, 3.8) is 0 Å². The molecule has 1 amide bonds. The average Bonchev–Trinajstić information content (AvgIpc) is 2.97. The molecule has 1 saturated heterocycles. The molecule has 27 heavy (non-hydrogen) atoms. The number of sulfonamides is 1. The lowest BCUT2D eigenvalue weighted by molar-refractivity contribution is 0.0730. The Balaban J connectivity index is 1.89. The number of amides is 1. The number of aromatic nitrogens is 1. The van der Waals surface area contributed by atoms with E-state index in [0.29, 0.717) is 49.0 Å². The first-order valence-corrected chi connectivity index (χ1v) is 10.0. The van der Waals surface area contributed by atoms with Crippen molar-refractivity contribution < 1.29 is 22.7 Å². The van der Waals surface area contributed by atoms with Crippen LogP contribution in [0.2, 0.25) is 0 Å². The van der Waals surface area contributed by atoms with Gasteiger partial charge in [0.15, 0.2) is 0 Å². The number of ether oxygens (including phenoxy) is 2. The Bertz CT molecular complexity index is 946. The van der Waals surface area contributed by atoms with Gasteiger partial charge in [-0.05, 0) is 31.5 Å².